The number of carbonyl (C=O) groups is 3. The summed E-state index contributed by atoms with van der Waals surface area (Å²) in [7, 11) is 1.54. The summed E-state index contributed by atoms with van der Waals surface area (Å²) in [6.07, 6.45) is 1.50. The predicted octanol–water partition coefficient (Wildman–Crippen LogP) is 5.83. The van der Waals surface area contributed by atoms with E-state index in [0.717, 1.165) is 22.2 Å². The van der Waals surface area contributed by atoms with Crippen LogP contribution in [0.2, 0.25) is 0 Å². The summed E-state index contributed by atoms with van der Waals surface area (Å²) in [6, 6.07) is 24.9. The molecule has 0 bridgehead atoms. The number of hydrogen-bond donors (Lipinski definition) is 2. The Kier molecular flexibility index (Phi) is 7.51. The van der Waals surface area contributed by atoms with E-state index in [1.165, 1.54) is 6.26 Å². The number of anilines is 2. The summed E-state index contributed by atoms with van der Waals surface area (Å²) < 4.78 is 10.6. The number of benzene rings is 3. The molecule has 196 valence electrons. The number of furan rings is 1. The first kappa shape index (κ1) is 25.9. The number of carbonyl (C=O) groups excluding carboxylic acids is 3. The second-order valence-corrected chi connectivity index (χ2v) is 9.87. The SMILES string of the molecule is COc1cccc(C(=O)Nc2cccc(SC3=C(Nc4ccc(C)cc4)C(=O)N(Cc4ccco4)C3=O)c2)c1. The van der Waals surface area contributed by atoms with Gasteiger partial charge in [0.1, 0.15) is 22.1 Å². The highest BCUT2D eigenvalue weighted by Gasteiger charge is 2.39. The number of thioether (sulfide) groups is 1. The Balaban J connectivity index is 1.40. The van der Waals surface area contributed by atoms with E-state index in [4.69, 9.17) is 9.15 Å². The molecule has 2 heterocycles. The van der Waals surface area contributed by atoms with E-state index in [-0.39, 0.29) is 23.1 Å². The van der Waals surface area contributed by atoms with Crippen LogP contribution in [0, 0.1) is 6.92 Å². The molecule has 8 nitrogen and oxygen atoms in total. The zero-order valence-corrected chi connectivity index (χ0v) is 22.1. The van der Waals surface area contributed by atoms with Gasteiger partial charge in [0.05, 0.1) is 19.9 Å². The van der Waals surface area contributed by atoms with Crippen LogP contribution in [-0.4, -0.2) is 29.7 Å². The first-order chi connectivity index (χ1) is 18.9. The maximum absolute atomic E-state index is 13.5. The minimum atomic E-state index is -0.443. The van der Waals surface area contributed by atoms with Gasteiger partial charge in [-0.2, -0.15) is 0 Å². The van der Waals surface area contributed by atoms with Gasteiger partial charge in [-0.3, -0.25) is 19.3 Å². The van der Waals surface area contributed by atoms with Crippen molar-refractivity contribution in [2.75, 3.05) is 17.7 Å². The van der Waals surface area contributed by atoms with Gasteiger partial charge in [-0.05, 0) is 67.6 Å². The van der Waals surface area contributed by atoms with Crippen molar-refractivity contribution in [3.05, 3.63) is 119 Å². The Hall–Kier alpha value is -4.76. The highest BCUT2D eigenvalue weighted by Crippen LogP contribution is 2.37. The summed E-state index contributed by atoms with van der Waals surface area (Å²) in [5.41, 5.74) is 2.95. The van der Waals surface area contributed by atoms with Crippen molar-refractivity contribution in [3.8, 4) is 5.75 Å². The first-order valence-electron chi connectivity index (χ1n) is 12.1. The van der Waals surface area contributed by atoms with Gasteiger partial charge in [0, 0.05) is 21.8 Å². The number of ether oxygens (including phenoxy) is 1. The molecule has 0 unspecified atom stereocenters. The van der Waals surface area contributed by atoms with E-state index in [1.54, 1.807) is 61.7 Å². The Morgan fingerprint density at radius 1 is 0.923 bits per heavy atom. The third kappa shape index (κ3) is 5.89. The molecule has 4 aromatic rings. The summed E-state index contributed by atoms with van der Waals surface area (Å²) in [5, 5.41) is 6.02. The molecule has 0 fully saturated rings. The van der Waals surface area contributed by atoms with Crippen LogP contribution < -0.4 is 15.4 Å². The lowest BCUT2D eigenvalue weighted by Gasteiger charge is -2.13. The molecule has 3 amide bonds. The lowest BCUT2D eigenvalue weighted by Crippen LogP contribution is -2.31. The van der Waals surface area contributed by atoms with Crippen LogP contribution in [0.4, 0.5) is 11.4 Å². The fourth-order valence-corrected chi connectivity index (χ4v) is 4.97. The van der Waals surface area contributed by atoms with Gasteiger partial charge in [-0.1, -0.05) is 41.6 Å². The zero-order chi connectivity index (χ0) is 27.4. The Morgan fingerprint density at radius 2 is 1.72 bits per heavy atom. The van der Waals surface area contributed by atoms with E-state index in [9.17, 15) is 14.4 Å². The third-order valence-electron chi connectivity index (χ3n) is 5.98. The minimum Gasteiger partial charge on any atom is -0.497 e. The van der Waals surface area contributed by atoms with E-state index < -0.39 is 11.8 Å². The van der Waals surface area contributed by atoms with Gasteiger partial charge >= 0.3 is 0 Å². The van der Waals surface area contributed by atoms with Crippen molar-refractivity contribution in [2.24, 2.45) is 0 Å². The lowest BCUT2D eigenvalue weighted by molar-refractivity contribution is -0.138. The van der Waals surface area contributed by atoms with Gasteiger partial charge in [0.2, 0.25) is 0 Å². The quantitative estimate of drug-likeness (QED) is 0.258. The molecule has 3 aromatic carbocycles. The van der Waals surface area contributed by atoms with Crippen LogP contribution >= 0.6 is 11.8 Å². The number of rotatable bonds is 9. The van der Waals surface area contributed by atoms with Crippen LogP contribution in [0.3, 0.4) is 0 Å². The standard InChI is InChI=1S/C30H25N3O5S/c1-19-11-13-21(14-12-19)31-26-27(30(36)33(29(26)35)18-24-9-5-15-38-24)39-25-10-4-7-22(17-25)32-28(34)20-6-3-8-23(16-20)37-2/h3-17,31H,18H2,1-2H3,(H,32,34). The van der Waals surface area contributed by atoms with E-state index in [0.29, 0.717) is 33.3 Å². The maximum atomic E-state index is 13.5. The van der Waals surface area contributed by atoms with Crippen LogP contribution in [0.5, 0.6) is 5.75 Å². The number of methoxy groups -OCH3 is 1. The van der Waals surface area contributed by atoms with Crippen molar-refractivity contribution in [1.29, 1.82) is 0 Å². The molecule has 39 heavy (non-hydrogen) atoms. The van der Waals surface area contributed by atoms with Crippen molar-refractivity contribution in [3.63, 3.8) is 0 Å². The van der Waals surface area contributed by atoms with Gasteiger partial charge in [0.15, 0.2) is 0 Å². The molecule has 0 atom stereocenters. The maximum Gasteiger partial charge on any atom is 0.278 e. The Labute approximate surface area is 229 Å². The average molecular weight is 540 g/mol. The van der Waals surface area contributed by atoms with Gasteiger partial charge in [-0.15, -0.1) is 0 Å². The van der Waals surface area contributed by atoms with Crippen LogP contribution in [0.1, 0.15) is 21.7 Å². The van der Waals surface area contributed by atoms with Gasteiger partial charge < -0.3 is 19.8 Å². The molecule has 1 aliphatic rings. The molecule has 1 aromatic heterocycles. The Bertz CT molecular complexity index is 1560. The molecule has 0 spiro atoms. The molecule has 0 aliphatic carbocycles. The first-order valence-corrected chi connectivity index (χ1v) is 12.9. The molecular formula is C30H25N3O5S. The molecule has 9 heteroatoms. The molecular weight excluding hydrogens is 514 g/mol. The second kappa shape index (κ2) is 11.3. The number of nitrogens with zero attached hydrogens (tertiary/aromatic N) is 1. The molecule has 0 saturated heterocycles. The highest BCUT2D eigenvalue weighted by atomic mass is 32.2. The summed E-state index contributed by atoms with van der Waals surface area (Å²) in [6.45, 7) is 1.99. The van der Waals surface area contributed by atoms with Crippen molar-refractivity contribution < 1.29 is 23.5 Å². The summed E-state index contributed by atoms with van der Waals surface area (Å²) >= 11 is 1.16. The largest absolute Gasteiger partial charge is 0.497 e. The van der Waals surface area contributed by atoms with E-state index >= 15 is 0 Å². The van der Waals surface area contributed by atoms with E-state index in [1.807, 2.05) is 37.3 Å². The smallest absolute Gasteiger partial charge is 0.278 e. The molecule has 0 saturated carbocycles. The van der Waals surface area contributed by atoms with Crippen LogP contribution in [0.15, 0.2) is 111 Å². The normalized spacial score (nSPS) is 13.1. The van der Waals surface area contributed by atoms with Gasteiger partial charge in [-0.25, -0.2) is 0 Å². The third-order valence-corrected chi connectivity index (χ3v) is 7.06. The van der Waals surface area contributed by atoms with Crippen LogP contribution in [0.25, 0.3) is 0 Å². The topological polar surface area (TPSA) is 101 Å². The van der Waals surface area contributed by atoms with Gasteiger partial charge in [0.25, 0.3) is 17.7 Å². The second-order valence-electron chi connectivity index (χ2n) is 8.79. The fraction of sp³-hybridized carbons (Fsp3) is 0.100. The highest BCUT2D eigenvalue weighted by molar-refractivity contribution is 8.04. The summed E-state index contributed by atoms with van der Waals surface area (Å²) in [4.78, 5) is 41.8. The molecule has 1 aliphatic heterocycles. The van der Waals surface area contributed by atoms with Crippen molar-refractivity contribution in [1.82, 2.24) is 4.90 Å². The number of amides is 3. The Morgan fingerprint density at radius 3 is 2.46 bits per heavy atom. The van der Waals surface area contributed by atoms with Crippen molar-refractivity contribution in [2.45, 2.75) is 18.4 Å². The van der Waals surface area contributed by atoms with Crippen molar-refractivity contribution >= 4 is 40.9 Å². The average Bonchev–Trinajstić information content (AvgIpc) is 3.54. The summed E-state index contributed by atoms with van der Waals surface area (Å²) in [5.74, 6) is -0.0894. The monoisotopic (exact) mass is 539 g/mol. The molecule has 2 N–H and O–H groups in total. The molecule has 5 rings (SSSR count). The zero-order valence-electron chi connectivity index (χ0n) is 21.3. The number of imide groups is 1. The number of nitrogens with one attached hydrogen (secondary N) is 2. The predicted molar refractivity (Wildman–Crippen MR) is 149 cm³/mol. The fourth-order valence-electron chi connectivity index (χ4n) is 3.96. The number of hydrogen-bond acceptors (Lipinski definition) is 7. The number of aryl methyl sites for hydroxylation is 1. The molecule has 0 radical (unpaired) electrons. The minimum absolute atomic E-state index is 0.0183. The lowest BCUT2D eigenvalue weighted by atomic mass is 10.2. The van der Waals surface area contributed by atoms with E-state index in [2.05, 4.69) is 10.6 Å². The van der Waals surface area contributed by atoms with Crippen LogP contribution in [-0.2, 0) is 16.1 Å².